The normalized spacial score (nSPS) is 15.8. The van der Waals surface area contributed by atoms with Gasteiger partial charge in [0.25, 0.3) is 0 Å². The summed E-state index contributed by atoms with van der Waals surface area (Å²) in [7, 11) is 3.75. The quantitative estimate of drug-likeness (QED) is 0.530. The molecule has 0 saturated carbocycles. The standard InChI is InChI=1S/C19H21N3O/c1-19(2)16-7-5-6-8-17(16)22(3)18(19)13-20-21-14-9-11-15(23-4)12-10-14/h5-13H,1-4H3/p+1. The van der Waals surface area contributed by atoms with Gasteiger partial charge in [0.15, 0.2) is 0 Å². The molecule has 0 saturated heterocycles. The Morgan fingerprint density at radius 2 is 1.78 bits per heavy atom. The molecule has 4 heteroatoms. The van der Waals surface area contributed by atoms with Crippen molar-refractivity contribution >= 4 is 23.3 Å². The van der Waals surface area contributed by atoms with Crippen molar-refractivity contribution in [3.63, 3.8) is 0 Å². The van der Waals surface area contributed by atoms with Crippen LogP contribution in [0.15, 0.2) is 53.6 Å². The van der Waals surface area contributed by atoms with Gasteiger partial charge in [-0.05, 0) is 38.1 Å². The summed E-state index contributed by atoms with van der Waals surface area (Å²) >= 11 is 0. The average molecular weight is 308 g/mol. The largest absolute Gasteiger partial charge is 0.497 e. The first-order valence-corrected chi connectivity index (χ1v) is 7.68. The average Bonchev–Trinajstić information content (AvgIpc) is 2.76. The van der Waals surface area contributed by atoms with E-state index in [-0.39, 0.29) is 5.41 Å². The van der Waals surface area contributed by atoms with E-state index in [0.717, 1.165) is 11.4 Å². The topological polar surface area (TPSA) is 36.6 Å². The molecule has 0 fully saturated rings. The summed E-state index contributed by atoms with van der Waals surface area (Å²) in [5.74, 6) is 0.834. The molecule has 0 spiro atoms. The summed E-state index contributed by atoms with van der Waals surface area (Å²) < 4.78 is 7.36. The summed E-state index contributed by atoms with van der Waals surface area (Å²) in [6.07, 6.45) is 1.91. The number of methoxy groups -OCH3 is 1. The minimum Gasteiger partial charge on any atom is -0.497 e. The van der Waals surface area contributed by atoms with E-state index in [0.29, 0.717) is 0 Å². The van der Waals surface area contributed by atoms with Gasteiger partial charge in [-0.1, -0.05) is 18.2 Å². The van der Waals surface area contributed by atoms with Gasteiger partial charge in [0, 0.05) is 11.6 Å². The highest BCUT2D eigenvalue weighted by Gasteiger charge is 2.43. The number of fused-ring (bicyclic) bond motifs is 1. The van der Waals surface area contributed by atoms with Gasteiger partial charge in [-0.3, -0.25) is 5.43 Å². The number of para-hydroxylation sites is 1. The third kappa shape index (κ3) is 2.72. The second-order valence-electron chi connectivity index (χ2n) is 6.18. The summed E-state index contributed by atoms with van der Waals surface area (Å²) in [5.41, 5.74) is 7.68. The van der Waals surface area contributed by atoms with Crippen molar-refractivity contribution in [2.45, 2.75) is 19.3 Å². The van der Waals surface area contributed by atoms with Gasteiger partial charge in [-0.25, -0.2) is 0 Å². The first-order chi connectivity index (χ1) is 11.0. The first kappa shape index (κ1) is 15.3. The summed E-state index contributed by atoms with van der Waals surface area (Å²) in [5, 5.41) is 4.41. The smallest absolute Gasteiger partial charge is 0.212 e. The first-order valence-electron chi connectivity index (χ1n) is 7.68. The SMILES string of the molecule is COc1ccc(NN=CC2=[N+](C)c3ccccc3C2(C)C)cc1. The molecule has 0 unspecified atom stereocenters. The Balaban J connectivity index is 1.81. The molecule has 2 aromatic carbocycles. The highest BCUT2D eigenvalue weighted by atomic mass is 16.5. The van der Waals surface area contributed by atoms with E-state index >= 15 is 0 Å². The van der Waals surface area contributed by atoms with E-state index < -0.39 is 0 Å². The molecule has 0 bridgehead atoms. The number of hydrazone groups is 1. The minimum absolute atomic E-state index is 0.0591. The van der Waals surface area contributed by atoms with Crippen molar-refractivity contribution in [3.8, 4) is 5.75 Å². The van der Waals surface area contributed by atoms with Crippen LogP contribution in [0.1, 0.15) is 19.4 Å². The highest BCUT2D eigenvalue weighted by Crippen LogP contribution is 2.37. The Bertz CT molecular complexity index is 773. The van der Waals surface area contributed by atoms with E-state index in [9.17, 15) is 0 Å². The number of hydrogen-bond acceptors (Lipinski definition) is 3. The van der Waals surface area contributed by atoms with Crippen LogP contribution in [-0.4, -0.2) is 30.7 Å². The molecule has 118 valence electrons. The maximum absolute atomic E-state index is 5.16. The second-order valence-corrected chi connectivity index (χ2v) is 6.18. The van der Waals surface area contributed by atoms with Crippen LogP contribution >= 0.6 is 0 Å². The molecule has 0 amide bonds. The third-order valence-electron chi connectivity index (χ3n) is 4.41. The number of hydrogen-bond donors (Lipinski definition) is 1. The molecule has 1 heterocycles. The lowest BCUT2D eigenvalue weighted by atomic mass is 9.82. The molecule has 0 aromatic heterocycles. The van der Waals surface area contributed by atoms with Crippen molar-refractivity contribution in [2.24, 2.45) is 5.10 Å². The predicted octanol–water partition coefficient (Wildman–Crippen LogP) is 3.80. The van der Waals surface area contributed by atoms with Gasteiger partial charge in [-0.2, -0.15) is 9.68 Å². The van der Waals surface area contributed by atoms with Gasteiger partial charge in [0.1, 0.15) is 19.0 Å². The molecular weight excluding hydrogens is 286 g/mol. The van der Waals surface area contributed by atoms with E-state index in [2.05, 4.69) is 60.3 Å². The second kappa shape index (κ2) is 5.88. The van der Waals surface area contributed by atoms with Crippen LogP contribution < -0.4 is 10.2 Å². The van der Waals surface area contributed by atoms with E-state index in [1.807, 2.05) is 30.5 Å². The van der Waals surface area contributed by atoms with Crippen molar-refractivity contribution in [2.75, 3.05) is 19.6 Å². The minimum atomic E-state index is -0.0591. The molecule has 3 rings (SSSR count). The van der Waals surface area contributed by atoms with Crippen molar-refractivity contribution in [3.05, 3.63) is 54.1 Å². The molecule has 1 aliphatic rings. The zero-order valence-electron chi connectivity index (χ0n) is 14.0. The molecule has 4 nitrogen and oxygen atoms in total. The summed E-state index contributed by atoms with van der Waals surface area (Å²) in [6.45, 7) is 4.45. The van der Waals surface area contributed by atoms with E-state index in [1.54, 1.807) is 7.11 Å². The zero-order valence-corrected chi connectivity index (χ0v) is 14.0. The molecule has 0 radical (unpaired) electrons. The molecule has 0 aliphatic carbocycles. The lowest BCUT2D eigenvalue weighted by Crippen LogP contribution is -2.30. The lowest BCUT2D eigenvalue weighted by Gasteiger charge is -2.14. The van der Waals surface area contributed by atoms with E-state index in [4.69, 9.17) is 4.74 Å². The van der Waals surface area contributed by atoms with Crippen LogP contribution in [0.2, 0.25) is 0 Å². The van der Waals surface area contributed by atoms with Crippen LogP contribution in [0.3, 0.4) is 0 Å². The maximum atomic E-state index is 5.16. The van der Waals surface area contributed by atoms with Gasteiger partial charge in [0.05, 0.1) is 18.2 Å². The molecule has 1 aliphatic heterocycles. The zero-order chi connectivity index (χ0) is 16.4. The fourth-order valence-electron chi connectivity index (χ4n) is 3.06. The van der Waals surface area contributed by atoms with Crippen LogP contribution in [0.5, 0.6) is 5.75 Å². The molecule has 23 heavy (non-hydrogen) atoms. The molecular formula is C19H22N3O+. The number of rotatable bonds is 4. The number of anilines is 1. The van der Waals surface area contributed by atoms with Crippen molar-refractivity contribution in [1.29, 1.82) is 0 Å². The maximum Gasteiger partial charge on any atom is 0.212 e. The number of nitrogens with one attached hydrogen (secondary N) is 1. The highest BCUT2D eigenvalue weighted by molar-refractivity contribution is 6.33. The molecule has 1 N–H and O–H groups in total. The number of ether oxygens (including phenoxy) is 1. The Morgan fingerprint density at radius 1 is 1.09 bits per heavy atom. The molecule has 0 atom stereocenters. The van der Waals surface area contributed by atoms with Crippen molar-refractivity contribution in [1.82, 2.24) is 0 Å². The van der Waals surface area contributed by atoms with Crippen molar-refractivity contribution < 1.29 is 9.31 Å². The summed E-state index contributed by atoms with van der Waals surface area (Å²) in [4.78, 5) is 0. The Hall–Kier alpha value is -2.62. The van der Waals surface area contributed by atoms with E-state index in [1.165, 1.54) is 17.0 Å². The molecule has 2 aromatic rings. The van der Waals surface area contributed by atoms with Gasteiger partial charge < -0.3 is 4.74 Å². The van der Waals surface area contributed by atoms with Crippen LogP contribution in [0.25, 0.3) is 0 Å². The van der Waals surface area contributed by atoms with Crippen LogP contribution in [-0.2, 0) is 5.41 Å². The van der Waals surface area contributed by atoms with Crippen LogP contribution in [0, 0.1) is 0 Å². The number of nitrogens with zero attached hydrogens (tertiary/aromatic N) is 2. The summed E-state index contributed by atoms with van der Waals surface area (Å²) in [6, 6.07) is 16.2. The van der Waals surface area contributed by atoms with Gasteiger partial charge in [0.2, 0.25) is 11.4 Å². The predicted molar refractivity (Wildman–Crippen MR) is 95.4 cm³/mol. The Labute approximate surface area is 137 Å². The van der Waals surface area contributed by atoms with Gasteiger partial charge >= 0.3 is 0 Å². The lowest BCUT2D eigenvalue weighted by molar-refractivity contribution is -0.400. The number of benzene rings is 2. The Morgan fingerprint density at radius 3 is 2.43 bits per heavy atom. The fraction of sp³-hybridized carbons (Fsp3) is 0.263. The Kier molecular flexibility index (Phi) is 3.90. The third-order valence-corrected chi connectivity index (χ3v) is 4.41. The fourth-order valence-corrected chi connectivity index (χ4v) is 3.06. The van der Waals surface area contributed by atoms with Gasteiger partial charge in [-0.15, -0.1) is 0 Å². The van der Waals surface area contributed by atoms with Crippen LogP contribution in [0.4, 0.5) is 11.4 Å². The monoisotopic (exact) mass is 308 g/mol.